The summed E-state index contributed by atoms with van der Waals surface area (Å²) in [4.78, 5) is 3.91. The Morgan fingerprint density at radius 3 is 2.87 bits per heavy atom. The Balaban J connectivity index is 2.56. The number of nitrogens with zero attached hydrogens (tertiary/aromatic N) is 2. The molecule has 0 aliphatic carbocycles. The number of aliphatic hydroxyl groups is 1. The molecule has 1 aromatic carbocycles. The first kappa shape index (κ1) is 9.86. The average molecular weight is 206 g/mol. The van der Waals surface area contributed by atoms with Crippen molar-refractivity contribution in [3.05, 3.63) is 48.3 Å². The number of aromatic nitrogens is 2. The first-order valence-electron chi connectivity index (χ1n) is 4.64. The molecule has 3 nitrogen and oxygen atoms in total. The zero-order valence-corrected chi connectivity index (χ0v) is 8.26. The first-order chi connectivity index (χ1) is 7.18. The molecule has 0 radical (unpaired) electrons. The van der Waals surface area contributed by atoms with Crippen LogP contribution in [0.3, 0.4) is 0 Å². The third-order valence-electron chi connectivity index (χ3n) is 2.22. The number of halogens is 1. The molecule has 1 heterocycles. The normalized spacial score (nSPS) is 12.7. The van der Waals surface area contributed by atoms with E-state index in [1.807, 2.05) is 0 Å². The van der Waals surface area contributed by atoms with Crippen LogP contribution in [-0.4, -0.2) is 14.7 Å². The van der Waals surface area contributed by atoms with E-state index in [1.165, 1.54) is 12.1 Å². The van der Waals surface area contributed by atoms with Crippen LogP contribution in [0.1, 0.15) is 18.6 Å². The predicted octanol–water partition coefficient (Wildman–Crippen LogP) is 2.06. The van der Waals surface area contributed by atoms with Crippen LogP contribution >= 0.6 is 0 Å². The Bertz CT molecular complexity index is 452. The lowest BCUT2D eigenvalue weighted by molar-refractivity contribution is 0.198. The highest BCUT2D eigenvalue weighted by molar-refractivity contribution is 5.42. The standard InChI is InChI=1S/C11H11FN2O/c1-8(15)10-6-9(12)2-3-11(10)14-5-4-13-7-14/h2-8,15H,1H3. The highest BCUT2D eigenvalue weighted by atomic mass is 19.1. The summed E-state index contributed by atoms with van der Waals surface area (Å²) in [6.07, 6.45) is 4.28. The Labute approximate surface area is 86.8 Å². The third kappa shape index (κ3) is 1.89. The van der Waals surface area contributed by atoms with Crippen molar-refractivity contribution in [3.63, 3.8) is 0 Å². The van der Waals surface area contributed by atoms with Crippen LogP contribution < -0.4 is 0 Å². The fraction of sp³-hybridized carbons (Fsp3) is 0.182. The Hall–Kier alpha value is -1.68. The second-order valence-electron chi connectivity index (χ2n) is 3.35. The van der Waals surface area contributed by atoms with Crippen molar-refractivity contribution in [1.29, 1.82) is 0 Å². The maximum atomic E-state index is 13.0. The van der Waals surface area contributed by atoms with Gasteiger partial charge >= 0.3 is 0 Å². The maximum absolute atomic E-state index is 13.0. The van der Waals surface area contributed by atoms with Crippen LogP contribution in [0.15, 0.2) is 36.9 Å². The molecule has 4 heteroatoms. The summed E-state index contributed by atoms with van der Waals surface area (Å²) in [7, 11) is 0. The maximum Gasteiger partial charge on any atom is 0.123 e. The van der Waals surface area contributed by atoms with Crippen LogP contribution in [0.25, 0.3) is 5.69 Å². The molecule has 1 atom stereocenters. The van der Waals surface area contributed by atoms with Crippen LogP contribution in [0, 0.1) is 5.82 Å². The van der Waals surface area contributed by atoms with Crippen molar-refractivity contribution in [2.24, 2.45) is 0 Å². The number of benzene rings is 1. The summed E-state index contributed by atoms with van der Waals surface area (Å²) in [5, 5.41) is 9.53. The van der Waals surface area contributed by atoms with E-state index in [0.717, 1.165) is 5.69 Å². The van der Waals surface area contributed by atoms with Gasteiger partial charge in [0.1, 0.15) is 5.82 Å². The molecule has 15 heavy (non-hydrogen) atoms. The molecule has 1 unspecified atom stereocenters. The quantitative estimate of drug-likeness (QED) is 0.816. The minimum absolute atomic E-state index is 0.352. The molecule has 2 aromatic rings. The van der Waals surface area contributed by atoms with Gasteiger partial charge in [-0.1, -0.05) is 0 Å². The summed E-state index contributed by atoms with van der Waals surface area (Å²) in [5.74, 6) is -0.352. The number of hydrogen-bond acceptors (Lipinski definition) is 2. The van der Waals surface area contributed by atoms with Crippen molar-refractivity contribution < 1.29 is 9.50 Å². The van der Waals surface area contributed by atoms with Gasteiger partial charge in [-0.15, -0.1) is 0 Å². The number of aliphatic hydroxyl groups excluding tert-OH is 1. The number of hydrogen-bond donors (Lipinski definition) is 1. The molecule has 0 fully saturated rings. The zero-order valence-electron chi connectivity index (χ0n) is 8.26. The largest absolute Gasteiger partial charge is 0.389 e. The molecule has 0 bridgehead atoms. The molecule has 0 aliphatic heterocycles. The van der Waals surface area contributed by atoms with Gasteiger partial charge in [-0.25, -0.2) is 9.37 Å². The van der Waals surface area contributed by atoms with E-state index < -0.39 is 6.10 Å². The predicted molar refractivity (Wildman–Crippen MR) is 54.2 cm³/mol. The summed E-state index contributed by atoms with van der Waals surface area (Å²) < 4.78 is 14.8. The summed E-state index contributed by atoms with van der Waals surface area (Å²) in [6, 6.07) is 4.32. The first-order valence-corrected chi connectivity index (χ1v) is 4.64. The fourth-order valence-corrected chi connectivity index (χ4v) is 1.50. The van der Waals surface area contributed by atoms with Gasteiger partial charge in [-0.05, 0) is 25.1 Å². The van der Waals surface area contributed by atoms with Gasteiger partial charge in [0, 0.05) is 18.0 Å². The molecular weight excluding hydrogens is 195 g/mol. The minimum atomic E-state index is -0.710. The summed E-state index contributed by atoms with van der Waals surface area (Å²) in [5.41, 5.74) is 1.29. The Morgan fingerprint density at radius 2 is 2.27 bits per heavy atom. The number of rotatable bonds is 2. The molecular formula is C11H11FN2O. The lowest BCUT2D eigenvalue weighted by Gasteiger charge is -2.12. The lowest BCUT2D eigenvalue weighted by Crippen LogP contribution is -2.01. The SMILES string of the molecule is CC(O)c1cc(F)ccc1-n1ccnc1. The van der Waals surface area contributed by atoms with Gasteiger partial charge in [0.2, 0.25) is 0 Å². The molecule has 0 aliphatic rings. The zero-order chi connectivity index (χ0) is 10.8. The van der Waals surface area contributed by atoms with Crippen molar-refractivity contribution >= 4 is 0 Å². The lowest BCUT2D eigenvalue weighted by atomic mass is 10.1. The van der Waals surface area contributed by atoms with Gasteiger partial charge in [0.25, 0.3) is 0 Å². The topological polar surface area (TPSA) is 38.0 Å². The molecule has 1 N–H and O–H groups in total. The molecule has 0 amide bonds. The van der Waals surface area contributed by atoms with E-state index >= 15 is 0 Å². The van der Waals surface area contributed by atoms with Crippen molar-refractivity contribution in [2.45, 2.75) is 13.0 Å². The van der Waals surface area contributed by atoms with Crippen molar-refractivity contribution in [2.75, 3.05) is 0 Å². The van der Waals surface area contributed by atoms with Crippen LogP contribution in [0.5, 0.6) is 0 Å². The van der Waals surface area contributed by atoms with E-state index in [2.05, 4.69) is 4.98 Å². The van der Waals surface area contributed by atoms with Crippen molar-refractivity contribution in [3.8, 4) is 5.69 Å². The van der Waals surface area contributed by atoms with E-state index in [0.29, 0.717) is 5.56 Å². The van der Waals surface area contributed by atoms with Gasteiger partial charge < -0.3 is 9.67 Å². The van der Waals surface area contributed by atoms with Crippen LogP contribution in [0.2, 0.25) is 0 Å². The minimum Gasteiger partial charge on any atom is -0.389 e. The molecule has 78 valence electrons. The average Bonchev–Trinajstić information content (AvgIpc) is 2.70. The molecule has 2 rings (SSSR count). The van der Waals surface area contributed by atoms with Gasteiger partial charge in [-0.2, -0.15) is 0 Å². The fourth-order valence-electron chi connectivity index (χ4n) is 1.50. The van der Waals surface area contributed by atoms with E-state index in [9.17, 15) is 9.50 Å². The highest BCUT2D eigenvalue weighted by Gasteiger charge is 2.10. The second-order valence-corrected chi connectivity index (χ2v) is 3.35. The summed E-state index contributed by atoms with van der Waals surface area (Å²) in [6.45, 7) is 1.61. The molecule has 0 saturated carbocycles. The van der Waals surface area contributed by atoms with Gasteiger partial charge in [-0.3, -0.25) is 0 Å². The van der Waals surface area contributed by atoms with E-state index in [-0.39, 0.29) is 5.82 Å². The monoisotopic (exact) mass is 206 g/mol. The van der Waals surface area contributed by atoms with E-state index in [4.69, 9.17) is 0 Å². The van der Waals surface area contributed by atoms with Gasteiger partial charge in [0.05, 0.1) is 18.1 Å². The van der Waals surface area contributed by atoms with Crippen molar-refractivity contribution in [1.82, 2.24) is 9.55 Å². The Kier molecular flexibility index (Phi) is 2.51. The van der Waals surface area contributed by atoms with E-state index in [1.54, 1.807) is 36.3 Å². The molecule has 0 spiro atoms. The number of imidazole rings is 1. The molecule has 0 saturated heterocycles. The van der Waals surface area contributed by atoms with Crippen LogP contribution in [0.4, 0.5) is 4.39 Å². The highest BCUT2D eigenvalue weighted by Crippen LogP contribution is 2.22. The molecule has 1 aromatic heterocycles. The third-order valence-corrected chi connectivity index (χ3v) is 2.22. The Morgan fingerprint density at radius 1 is 1.47 bits per heavy atom. The van der Waals surface area contributed by atoms with Gasteiger partial charge in [0.15, 0.2) is 0 Å². The van der Waals surface area contributed by atoms with Crippen LogP contribution in [-0.2, 0) is 0 Å². The smallest absolute Gasteiger partial charge is 0.123 e. The summed E-state index contributed by atoms with van der Waals surface area (Å²) >= 11 is 0. The second kappa shape index (κ2) is 3.82.